The molecule has 2 heterocycles. The van der Waals surface area contributed by atoms with Crippen LogP contribution >= 0.6 is 22.9 Å². The van der Waals surface area contributed by atoms with E-state index in [1.54, 1.807) is 19.1 Å². The summed E-state index contributed by atoms with van der Waals surface area (Å²) in [6, 6.07) is 9.39. The number of aliphatic hydroxyl groups is 1. The van der Waals surface area contributed by atoms with Crippen LogP contribution < -0.4 is 5.32 Å². The third kappa shape index (κ3) is 4.81. The zero-order chi connectivity index (χ0) is 20.3. The van der Waals surface area contributed by atoms with Gasteiger partial charge in [-0.3, -0.25) is 9.59 Å². The minimum Gasteiger partial charge on any atom is -0.393 e. The molecule has 28 heavy (non-hydrogen) atoms. The van der Waals surface area contributed by atoms with Crippen molar-refractivity contribution >= 4 is 34.6 Å². The van der Waals surface area contributed by atoms with Crippen LogP contribution in [0.25, 0.3) is 0 Å². The molecule has 0 unspecified atom stereocenters. The van der Waals surface area contributed by atoms with Crippen molar-refractivity contribution in [1.29, 1.82) is 0 Å². The Hall–Kier alpha value is -1.73. The molecule has 0 fully saturated rings. The fraction of sp³-hybridized carbons (Fsp3) is 0.429. The average molecular weight is 421 g/mol. The molecule has 0 bridgehead atoms. The topological polar surface area (TPSA) is 69.6 Å². The first-order valence-corrected chi connectivity index (χ1v) is 10.5. The van der Waals surface area contributed by atoms with Gasteiger partial charge in [0, 0.05) is 19.5 Å². The molecule has 3 rings (SSSR count). The number of hydrogen-bond donors (Lipinski definition) is 2. The van der Waals surface area contributed by atoms with Crippen molar-refractivity contribution in [1.82, 2.24) is 10.2 Å². The van der Waals surface area contributed by atoms with Gasteiger partial charge < -0.3 is 15.3 Å². The number of ketones is 1. The van der Waals surface area contributed by atoms with Gasteiger partial charge in [-0.05, 0) is 55.6 Å². The van der Waals surface area contributed by atoms with Gasteiger partial charge in [-0.25, -0.2) is 0 Å². The van der Waals surface area contributed by atoms with E-state index in [2.05, 4.69) is 29.4 Å². The van der Waals surface area contributed by atoms with E-state index in [0.717, 1.165) is 42.8 Å². The Bertz CT molecular complexity index is 882. The maximum atomic E-state index is 12.9. The molecule has 5 nitrogen and oxygen atoms in total. The lowest BCUT2D eigenvalue weighted by Gasteiger charge is -2.27. The second kappa shape index (κ2) is 8.74. The summed E-state index contributed by atoms with van der Waals surface area (Å²) in [5.74, 6) is -0.636. The van der Waals surface area contributed by atoms with Gasteiger partial charge in [0.15, 0.2) is 5.78 Å². The van der Waals surface area contributed by atoms with Crippen molar-refractivity contribution in [3.05, 3.63) is 56.2 Å². The molecule has 1 atom stereocenters. The highest BCUT2D eigenvalue weighted by molar-refractivity contribution is 7.18. The molecule has 1 aliphatic rings. The van der Waals surface area contributed by atoms with Crippen molar-refractivity contribution in [3.63, 3.8) is 0 Å². The van der Waals surface area contributed by atoms with Gasteiger partial charge in [0.05, 0.1) is 15.8 Å². The molecule has 0 spiro atoms. The van der Waals surface area contributed by atoms with Gasteiger partial charge in [0.1, 0.15) is 5.54 Å². The Morgan fingerprint density at radius 3 is 2.57 bits per heavy atom. The third-order valence-corrected chi connectivity index (χ3v) is 6.51. The Kier molecular flexibility index (Phi) is 6.55. The number of fused-ring (bicyclic) bond motifs is 1. The predicted molar refractivity (Wildman–Crippen MR) is 112 cm³/mol. The lowest BCUT2D eigenvalue weighted by molar-refractivity contribution is -0.125. The fourth-order valence-corrected chi connectivity index (χ4v) is 4.26. The van der Waals surface area contributed by atoms with Crippen LogP contribution in [0.2, 0.25) is 4.34 Å². The third-order valence-electron chi connectivity index (χ3n) is 5.28. The standard InChI is InChI=1S/C21H25ClN2O3S/c1-21(13-25,23-20(27)17-5-6-19(22)28-17)18(26)12-14-3-4-15-7-9-24(2)10-8-16(15)11-14/h3-6,11,25H,7-10,12-13H2,1-2H3,(H,23,27)/t21-/m1/s1. The summed E-state index contributed by atoms with van der Waals surface area (Å²) < 4.78 is 0.498. The van der Waals surface area contributed by atoms with Crippen molar-refractivity contribution < 1.29 is 14.7 Å². The molecule has 0 aliphatic carbocycles. The van der Waals surface area contributed by atoms with E-state index in [-0.39, 0.29) is 12.2 Å². The number of carbonyl (C=O) groups is 2. The minimum absolute atomic E-state index is 0.158. The summed E-state index contributed by atoms with van der Waals surface area (Å²) in [7, 11) is 2.12. The largest absolute Gasteiger partial charge is 0.393 e. The van der Waals surface area contributed by atoms with Crippen LogP contribution in [0, 0.1) is 0 Å². The van der Waals surface area contributed by atoms with Gasteiger partial charge in [-0.2, -0.15) is 0 Å². The Morgan fingerprint density at radius 2 is 1.93 bits per heavy atom. The highest BCUT2D eigenvalue weighted by atomic mass is 35.5. The molecule has 0 radical (unpaired) electrons. The van der Waals surface area contributed by atoms with Gasteiger partial charge in [0.25, 0.3) is 5.91 Å². The van der Waals surface area contributed by atoms with Crippen LogP contribution in [0.3, 0.4) is 0 Å². The Morgan fingerprint density at radius 1 is 1.21 bits per heavy atom. The van der Waals surface area contributed by atoms with Crippen LogP contribution in [0.15, 0.2) is 30.3 Å². The van der Waals surface area contributed by atoms with E-state index < -0.39 is 18.1 Å². The van der Waals surface area contributed by atoms with E-state index in [1.807, 2.05) is 6.07 Å². The van der Waals surface area contributed by atoms with Crippen molar-refractivity contribution in [2.75, 3.05) is 26.7 Å². The first kappa shape index (κ1) is 21.0. The number of aliphatic hydroxyl groups excluding tert-OH is 1. The summed E-state index contributed by atoms with van der Waals surface area (Å²) in [5, 5.41) is 12.5. The first-order valence-electron chi connectivity index (χ1n) is 9.32. The van der Waals surface area contributed by atoms with Crippen molar-refractivity contribution in [2.24, 2.45) is 0 Å². The van der Waals surface area contributed by atoms with Crippen LogP contribution in [0.4, 0.5) is 0 Å². The molecule has 1 aliphatic heterocycles. The number of benzene rings is 1. The molecule has 0 saturated heterocycles. The highest BCUT2D eigenvalue weighted by Gasteiger charge is 2.34. The van der Waals surface area contributed by atoms with Crippen LogP contribution in [0.5, 0.6) is 0 Å². The number of rotatable bonds is 6. The van der Waals surface area contributed by atoms with E-state index in [4.69, 9.17) is 11.6 Å². The van der Waals surface area contributed by atoms with Crippen molar-refractivity contribution in [2.45, 2.75) is 31.7 Å². The molecule has 2 aromatic rings. The van der Waals surface area contributed by atoms with Crippen LogP contribution in [0.1, 0.15) is 33.3 Å². The zero-order valence-electron chi connectivity index (χ0n) is 16.1. The number of carbonyl (C=O) groups excluding carboxylic acids is 2. The number of likely N-dealkylation sites (N-methyl/N-ethyl adjacent to an activating group) is 1. The maximum absolute atomic E-state index is 12.9. The number of Topliss-reactive ketones (excluding diaryl/α,β-unsaturated/α-hetero) is 1. The molecule has 150 valence electrons. The molecule has 0 saturated carbocycles. The first-order chi connectivity index (χ1) is 13.3. The molecular formula is C21H25ClN2O3S. The summed E-state index contributed by atoms with van der Waals surface area (Å²) in [6.45, 7) is 3.12. The summed E-state index contributed by atoms with van der Waals surface area (Å²) >= 11 is 7.01. The normalized spacial score (nSPS) is 16.7. The number of nitrogens with one attached hydrogen (secondary N) is 1. The predicted octanol–water partition coefficient (Wildman–Crippen LogP) is 2.72. The smallest absolute Gasteiger partial charge is 0.262 e. The second-order valence-corrected chi connectivity index (χ2v) is 9.27. The van der Waals surface area contributed by atoms with E-state index in [9.17, 15) is 14.7 Å². The van der Waals surface area contributed by atoms with Gasteiger partial charge in [0.2, 0.25) is 0 Å². The lowest BCUT2D eigenvalue weighted by atomic mass is 9.90. The average Bonchev–Trinajstić information content (AvgIpc) is 3.03. The number of amides is 1. The fourth-order valence-electron chi connectivity index (χ4n) is 3.33. The number of thiophene rings is 1. The van der Waals surface area contributed by atoms with E-state index in [0.29, 0.717) is 9.21 Å². The summed E-state index contributed by atoms with van der Waals surface area (Å²) in [4.78, 5) is 28.1. The SMILES string of the molecule is CN1CCc2ccc(CC(=O)[C@@](C)(CO)NC(=O)c3ccc(Cl)s3)cc2CC1. The Balaban J connectivity index is 1.72. The second-order valence-electron chi connectivity index (χ2n) is 7.55. The molecule has 1 amide bonds. The van der Waals surface area contributed by atoms with Crippen molar-refractivity contribution in [3.8, 4) is 0 Å². The highest BCUT2D eigenvalue weighted by Crippen LogP contribution is 2.23. The molecule has 7 heteroatoms. The van der Waals surface area contributed by atoms with Gasteiger partial charge >= 0.3 is 0 Å². The molecule has 1 aromatic carbocycles. The lowest BCUT2D eigenvalue weighted by Crippen LogP contribution is -2.55. The summed E-state index contributed by atoms with van der Waals surface area (Å²) in [6.07, 6.45) is 2.13. The summed E-state index contributed by atoms with van der Waals surface area (Å²) in [5.41, 5.74) is 2.16. The maximum Gasteiger partial charge on any atom is 0.262 e. The number of nitrogens with zero attached hydrogens (tertiary/aromatic N) is 1. The zero-order valence-corrected chi connectivity index (χ0v) is 17.7. The molecule has 2 N–H and O–H groups in total. The van der Waals surface area contributed by atoms with Crippen LogP contribution in [-0.2, 0) is 24.1 Å². The minimum atomic E-state index is -1.35. The molecule has 1 aromatic heterocycles. The van der Waals surface area contributed by atoms with Gasteiger partial charge in [-0.15, -0.1) is 11.3 Å². The quantitative estimate of drug-likeness (QED) is 0.753. The molecular weight excluding hydrogens is 396 g/mol. The Labute approximate surface area is 174 Å². The number of halogens is 1. The number of hydrogen-bond acceptors (Lipinski definition) is 5. The van der Waals surface area contributed by atoms with E-state index in [1.165, 1.54) is 11.1 Å². The van der Waals surface area contributed by atoms with Gasteiger partial charge in [-0.1, -0.05) is 29.8 Å². The van der Waals surface area contributed by atoms with Crippen LogP contribution in [-0.4, -0.2) is 54.0 Å². The monoisotopic (exact) mass is 420 g/mol. The van der Waals surface area contributed by atoms with E-state index >= 15 is 0 Å².